The number of furan rings is 1. The van der Waals surface area contributed by atoms with E-state index in [0.717, 1.165) is 35.1 Å². The van der Waals surface area contributed by atoms with Crippen LogP contribution in [-0.4, -0.2) is 40.0 Å². The summed E-state index contributed by atoms with van der Waals surface area (Å²) in [6.45, 7) is 0. The van der Waals surface area contributed by atoms with Crippen LogP contribution < -0.4 is 5.32 Å². The summed E-state index contributed by atoms with van der Waals surface area (Å²) in [4.78, 5) is 12.2. The van der Waals surface area contributed by atoms with Crippen molar-refractivity contribution >= 4 is 35.8 Å². The van der Waals surface area contributed by atoms with Crippen LogP contribution in [0.1, 0.15) is 18.4 Å². The van der Waals surface area contributed by atoms with Crippen LogP contribution in [0, 0.1) is 0 Å². The van der Waals surface area contributed by atoms with Gasteiger partial charge in [-0.25, -0.2) is 0 Å². The smallest absolute Gasteiger partial charge is 0.464 e. The van der Waals surface area contributed by atoms with E-state index in [4.69, 9.17) is 4.42 Å². The Labute approximate surface area is 133 Å². The van der Waals surface area contributed by atoms with Gasteiger partial charge in [0.1, 0.15) is 5.58 Å². The number of amides is 1. The molecule has 1 aliphatic heterocycles. The van der Waals surface area contributed by atoms with Crippen LogP contribution >= 0.6 is 11.8 Å². The molecular formula is C15H18BNO4S. The molecule has 0 saturated carbocycles. The molecule has 2 aromatic rings. The Morgan fingerprint density at radius 3 is 3.00 bits per heavy atom. The highest BCUT2D eigenvalue weighted by Gasteiger charge is 2.31. The number of fused-ring (bicyclic) bond motifs is 1. The second kappa shape index (κ2) is 6.77. The number of hydrogen-bond donors (Lipinski definition) is 3. The van der Waals surface area contributed by atoms with Crippen LogP contribution in [-0.2, 0) is 11.2 Å². The molecule has 1 aliphatic rings. The first-order chi connectivity index (χ1) is 10.6. The highest BCUT2D eigenvalue weighted by Crippen LogP contribution is 2.26. The van der Waals surface area contributed by atoms with Crippen molar-refractivity contribution in [3.05, 3.63) is 36.1 Å². The molecule has 0 bridgehead atoms. The SMILES string of the molecule is O=C(N[C@@H](Cc1coc2ccccc12)B(O)O)C1CCCS1. The van der Waals surface area contributed by atoms with Crippen molar-refractivity contribution in [2.45, 2.75) is 30.5 Å². The highest BCUT2D eigenvalue weighted by atomic mass is 32.2. The summed E-state index contributed by atoms with van der Waals surface area (Å²) < 4.78 is 5.45. The van der Waals surface area contributed by atoms with Crippen LogP contribution in [0.25, 0.3) is 11.0 Å². The Kier molecular flexibility index (Phi) is 4.76. The lowest BCUT2D eigenvalue weighted by atomic mass is 9.76. The van der Waals surface area contributed by atoms with Crippen molar-refractivity contribution in [1.29, 1.82) is 0 Å². The predicted molar refractivity (Wildman–Crippen MR) is 87.5 cm³/mol. The number of rotatable bonds is 5. The first-order valence-corrected chi connectivity index (χ1v) is 8.43. The number of carbonyl (C=O) groups is 1. The van der Waals surface area contributed by atoms with E-state index in [1.165, 1.54) is 0 Å². The van der Waals surface area contributed by atoms with E-state index in [9.17, 15) is 14.8 Å². The Hall–Kier alpha value is -1.44. The zero-order chi connectivity index (χ0) is 15.5. The molecular weight excluding hydrogens is 301 g/mol. The summed E-state index contributed by atoms with van der Waals surface area (Å²) >= 11 is 1.62. The number of thioether (sulfide) groups is 1. The summed E-state index contributed by atoms with van der Waals surface area (Å²) in [5.74, 6) is 0.125. The molecule has 116 valence electrons. The maximum absolute atomic E-state index is 12.2. The van der Waals surface area contributed by atoms with Gasteiger partial charge in [0.2, 0.25) is 5.91 Å². The summed E-state index contributed by atoms with van der Waals surface area (Å²) in [6.07, 6.45) is 3.80. The average molecular weight is 319 g/mol. The third-order valence-electron chi connectivity index (χ3n) is 3.91. The lowest BCUT2D eigenvalue weighted by Gasteiger charge is -2.19. The molecule has 1 saturated heterocycles. The van der Waals surface area contributed by atoms with Crippen molar-refractivity contribution in [1.82, 2.24) is 5.32 Å². The monoisotopic (exact) mass is 319 g/mol. The van der Waals surface area contributed by atoms with Gasteiger partial charge in [-0.05, 0) is 36.6 Å². The second-order valence-electron chi connectivity index (χ2n) is 5.49. The molecule has 3 N–H and O–H groups in total. The highest BCUT2D eigenvalue weighted by molar-refractivity contribution is 8.00. The van der Waals surface area contributed by atoms with E-state index < -0.39 is 13.1 Å². The van der Waals surface area contributed by atoms with Gasteiger partial charge in [-0.3, -0.25) is 4.79 Å². The van der Waals surface area contributed by atoms with Gasteiger partial charge in [0.15, 0.2) is 0 Å². The molecule has 7 heteroatoms. The molecule has 22 heavy (non-hydrogen) atoms. The average Bonchev–Trinajstić information content (AvgIpc) is 3.16. The number of benzene rings is 1. The maximum Gasteiger partial charge on any atom is 0.475 e. The second-order valence-corrected chi connectivity index (χ2v) is 6.80. The molecule has 1 fully saturated rings. The van der Waals surface area contributed by atoms with Crippen molar-refractivity contribution in [3.8, 4) is 0 Å². The fraction of sp³-hybridized carbons (Fsp3) is 0.400. The Bertz CT molecular complexity index is 654. The van der Waals surface area contributed by atoms with E-state index in [0.29, 0.717) is 6.42 Å². The molecule has 1 amide bonds. The standard InChI is InChI=1S/C15H18BNO4S/c18-15(13-6-3-7-22-13)17-14(16(19)20)8-10-9-21-12-5-2-1-4-11(10)12/h1-2,4-5,9,13-14,19-20H,3,6-8H2,(H,17,18)/t13?,14-/m0/s1. The van der Waals surface area contributed by atoms with Gasteiger partial charge in [0.05, 0.1) is 17.5 Å². The molecule has 3 rings (SSSR count). The van der Waals surface area contributed by atoms with Crippen molar-refractivity contribution < 1.29 is 19.3 Å². The largest absolute Gasteiger partial charge is 0.475 e. The zero-order valence-corrected chi connectivity index (χ0v) is 12.9. The zero-order valence-electron chi connectivity index (χ0n) is 12.1. The Morgan fingerprint density at radius 2 is 2.27 bits per heavy atom. The summed E-state index contributed by atoms with van der Waals surface area (Å²) in [5.41, 5.74) is 1.61. The lowest BCUT2D eigenvalue weighted by molar-refractivity contribution is -0.121. The minimum atomic E-state index is -1.61. The van der Waals surface area contributed by atoms with E-state index in [1.54, 1.807) is 18.0 Å². The van der Waals surface area contributed by atoms with Crippen LogP contribution in [0.5, 0.6) is 0 Å². The van der Waals surface area contributed by atoms with Gasteiger partial charge in [-0.1, -0.05) is 18.2 Å². The fourth-order valence-electron chi connectivity index (χ4n) is 2.72. The third-order valence-corrected chi connectivity index (χ3v) is 5.29. The minimum Gasteiger partial charge on any atom is -0.464 e. The van der Waals surface area contributed by atoms with Crippen molar-refractivity contribution in [2.75, 3.05) is 5.75 Å². The summed E-state index contributed by atoms with van der Waals surface area (Å²) in [5, 5.41) is 22.8. The van der Waals surface area contributed by atoms with Gasteiger partial charge >= 0.3 is 7.12 Å². The summed E-state index contributed by atoms with van der Waals surface area (Å²) in [7, 11) is -1.61. The van der Waals surface area contributed by atoms with E-state index in [1.807, 2.05) is 24.3 Å². The van der Waals surface area contributed by atoms with Gasteiger partial charge in [-0.2, -0.15) is 0 Å². The van der Waals surface area contributed by atoms with Gasteiger partial charge in [0.25, 0.3) is 0 Å². The maximum atomic E-state index is 12.2. The first kappa shape index (κ1) is 15.5. The van der Waals surface area contributed by atoms with Crippen molar-refractivity contribution in [2.24, 2.45) is 0 Å². The van der Waals surface area contributed by atoms with Crippen LogP contribution in [0.2, 0.25) is 0 Å². The van der Waals surface area contributed by atoms with E-state index in [2.05, 4.69) is 5.32 Å². The lowest BCUT2D eigenvalue weighted by Crippen LogP contribution is -2.50. The predicted octanol–water partition coefficient (Wildman–Crippen LogP) is 1.37. The van der Waals surface area contributed by atoms with Gasteiger partial charge in [-0.15, -0.1) is 11.8 Å². The molecule has 0 radical (unpaired) electrons. The topological polar surface area (TPSA) is 82.7 Å². The van der Waals surface area contributed by atoms with Crippen LogP contribution in [0.3, 0.4) is 0 Å². The van der Waals surface area contributed by atoms with Gasteiger partial charge in [0, 0.05) is 5.39 Å². The number of hydrogen-bond acceptors (Lipinski definition) is 5. The number of nitrogens with one attached hydrogen (secondary N) is 1. The van der Waals surface area contributed by atoms with Crippen LogP contribution in [0.4, 0.5) is 0 Å². The molecule has 2 atom stereocenters. The van der Waals surface area contributed by atoms with Crippen LogP contribution in [0.15, 0.2) is 34.9 Å². The molecule has 0 aliphatic carbocycles. The number of carbonyl (C=O) groups excluding carboxylic acids is 1. The minimum absolute atomic E-state index is 0.0812. The van der Waals surface area contributed by atoms with Crippen molar-refractivity contribution in [3.63, 3.8) is 0 Å². The molecule has 0 spiro atoms. The fourth-order valence-corrected chi connectivity index (χ4v) is 3.89. The van der Waals surface area contributed by atoms with Gasteiger partial charge < -0.3 is 19.8 Å². The Balaban J connectivity index is 1.72. The third kappa shape index (κ3) is 3.32. The molecule has 2 heterocycles. The molecule has 1 unspecified atom stereocenters. The van der Waals surface area contributed by atoms with E-state index in [-0.39, 0.29) is 11.2 Å². The molecule has 5 nitrogen and oxygen atoms in total. The normalized spacial score (nSPS) is 19.3. The number of para-hydroxylation sites is 1. The summed E-state index contributed by atoms with van der Waals surface area (Å²) in [6, 6.07) is 7.56. The Morgan fingerprint density at radius 1 is 1.45 bits per heavy atom. The quantitative estimate of drug-likeness (QED) is 0.725. The molecule has 1 aromatic carbocycles. The van der Waals surface area contributed by atoms with E-state index >= 15 is 0 Å². The first-order valence-electron chi connectivity index (χ1n) is 7.38. The molecule has 1 aromatic heterocycles.